The largest absolute Gasteiger partial charge is 0.390 e. The van der Waals surface area contributed by atoms with Crippen LogP contribution in [0.2, 0.25) is 0 Å². The number of rotatable bonds is 15. The minimum absolute atomic E-state index is 0.0415. The second-order valence-electron chi connectivity index (χ2n) is 10.2. The molecule has 0 spiro atoms. The first kappa shape index (κ1) is 34.0. The summed E-state index contributed by atoms with van der Waals surface area (Å²) in [5.41, 5.74) is 0. The van der Waals surface area contributed by atoms with Gasteiger partial charge in [0.2, 0.25) is 15.1 Å². The summed E-state index contributed by atoms with van der Waals surface area (Å²) < 4.78 is 45.5. The molecule has 0 aromatic heterocycles. The zero-order chi connectivity index (χ0) is 29.0. The van der Waals surface area contributed by atoms with Gasteiger partial charge in [-0.15, -0.1) is 0 Å². The Labute approximate surface area is 238 Å². The molecule has 209 valence electrons. The Kier molecular flexibility index (Phi) is 12.9. The van der Waals surface area contributed by atoms with Gasteiger partial charge >= 0.3 is 0 Å². The highest BCUT2D eigenvalue weighted by atomic mass is 31.2. The molecule has 3 aliphatic heterocycles. The Morgan fingerprint density at radius 3 is 2.00 bits per heavy atom. The first-order valence-corrected chi connectivity index (χ1v) is 16.4. The molecule has 11 nitrogen and oxygen atoms in total. The van der Waals surface area contributed by atoms with Crippen LogP contribution in [0.25, 0.3) is 0 Å². The van der Waals surface area contributed by atoms with Gasteiger partial charge in [-0.2, -0.15) is 0 Å². The van der Waals surface area contributed by atoms with Crippen LogP contribution in [-0.4, -0.2) is 153 Å². The molecule has 0 aliphatic carbocycles. The minimum Gasteiger partial charge on any atom is -0.390 e. The van der Waals surface area contributed by atoms with E-state index < -0.39 is 76.3 Å². The van der Waals surface area contributed by atoms with Crippen molar-refractivity contribution in [3.05, 3.63) is 0 Å². The van der Waals surface area contributed by atoms with E-state index in [2.05, 4.69) is 12.6 Å². The van der Waals surface area contributed by atoms with Gasteiger partial charge in [0.1, 0.15) is 26.2 Å². The smallest absolute Gasteiger partial charge is 0.248 e. The van der Waals surface area contributed by atoms with Crippen molar-refractivity contribution >= 4 is 72.5 Å². The van der Waals surface area contributed by atoms with Crippen molar-refractivity contribution in [2.75, 3.05) is 19.8 Å². The van der Waals surface area contributed by atoms with E-state index in [1.807, 2.05) is 13.8 Å². The van der Waals surface area contributed by atoms with Crippen LogP contribution < -0.4 is 0 Å². The Morgan fingerprint density at radius 2 is 1.49 bits per heavy atom. The second kappa shape index (κ2) is 14.8. The van der Waals surface area contributed by atoms with Crippen molar-refractivity contribution in [1.29, 1.82) is 0 Å². The van der Waals surface area contributed by atoms with E-state index in [0.717, 1.165) is 0 Å². The maximum Gasteiger partial charge on any atom is 0.248 e. The van der Waals surface area contributed by atoms with E-state index in [9.17, 15) is 14.9 Å². The van der Waals surface area contributed by atoms with E-state index in [4.69, 9.17) is 68.1 Å². The molecule has 3 fully saturated rings. The molecule has 3 aliphatic rings. The number of aliphatic hydroxyl groups is 1. The van der Waals surface area contributed by atoms with Crippen molar-refractivity contribution < 1.29 is 51.9 Å². The summed E-state index contributed by atoms with van der Waals surface area (Å²) in [6.45, 7) is 2.89. The molecule has 3 saturated heterocycles. The van der Waals surface area contributed by atoms with Crippen LogP contribution in [0.5, 0.6) is 0 Å². The quantitative estimate of drug-likeness (QED) is 0.158. The molecule has 0 aromatic carbocycles. The Morgan fingerprint density at radius 1 is 0.923 bits per heavy atom. The van der Waals surface area contributed by atoms with E-state index in [1.54, 1.807) is 0 Å². The predicted octanol–water partition coefficient (Wildman–Crippen LogP) is -1.34. The first-order chi connectivity index (χ1) is 18.2. The molecular formula is C20H35B6O11P2. The van der Waals surface area contributed by atoms with Gasteiger partial charge in [0.15, 0.2) is 0 Å². The predicted molar refractivity (Wildman–Crippen MR) is 156 cm³/mol. The maximum absolute atomic E-state index is 10.9. The summed E-state index contributed by atoms with van der Waals surface area (Å²) in [6, 6.07) is -1.61. The van der Waals surface area contributed by atoms with Crippen LogP contribution in [0.3, 0.4) is 0 Å². The summed E-state index contributed by atoms with van der Waals surface area (Å²) in [4.78, 5) is 21.6. The molecule has 0 amide bonds. The zero-order valence-corrected chi connectivity index (χ0v) is 24.2. The third-order valence-corrected chi connectivity index (χ3v) is 8.73. The van der Waals surface area contributed by atoms with Crippen LogP contribution in [0.4, 0.5) is 0 Å². The van der Waals surface area contributed by atoms with Crippen molar-refractivity contribution in [2.45, 2.75) is 93.8 Å². The van der Waals surface area contributed by atoms with Gasteiger partial charge < -0.3 is 51.9 Å². The summed E-state index contributed by atoms with van der Waals surface area (Å²) in [7, 11) is 17.0. The van der Waals surface area contributed by atoms with Crippen molar-refractivity contribution in [3.8, 4) is 0 Å². The van der Waals surface area contributed by atoms with Crippen molar-refractivity contribution in [2.24, 2.45) is 0 Å². The second-order valence-corrected chi connectivity index (χ2v) is 13.7. The van der Waals surface area contributed by atoms with Crippen LogP contribution >= 0.6 is 15.1 Å². The molecule has 0 bridgehead atoms. The molecule has 19 heteroatoms. The van der Waals surface area contributed by atoms with Crippen molar-refractivity contribution in [1.82, 2.24) is 0 Å². The Hall–Kier alpha value is 0.550. The van der Waals surface area contributed by atoms with E-state index in [0.29, 0.717) is 6.42 Å². The molecule has 0 saturated carbocycles. The average molecular weight is 578 g/mol. The highest BCUT2D eigenvalue weighted by Gasteiger charge is 2.42. The number of ether oxygens (including phenoxy) is 4. The Balaban J connectivity index is 1.55. The molecule has 3 rings (SSSR count). The minimum atomic E-state index is -3.63. The van der Waals surface area contributed by atoms with Crippen LogP contribution in [-0.2, 0) is 37.0 Å². The van der Waals surface area contributed by atoms with Crippen LogP contribution in [0, 0.1) is 0 Å². The molecule has 3 heterocycles. The summed E-state index contributed by atoms with van der Waals surface area (Å²) >= 11 is 0. The third kappa shape index (κ3) is 10.6. The molecule has 0 aromatic rings. The normalized spacial score (nSPS) is 38.1. The number of aliphatic hydroxyl groups excluding tert-OH is 1. The molecule has 5 unspecified atom stereocenters. The van der Waals surface area contributed by atoms with Crippen LogP contribution in [0.1, 0.15) is 33.1 Å². The van der Waals surface area contributed by atoms with E-state index >= 15 is 0 Å². The fraction of sp³-hybridized carbons (Fsp3) is 0.900. The summed E-state index contributed by atoms with van der Waals surface area (Å²) in [6.07, 6.45) is 3.98. The van der Waals surface area contributed by atoms with E-state index in [1.165, 1.54) is 7.17 Å². The topological polar surface area (TPSA) is 135 Å². The van der Waals surface area contributed by atoms with Crippen molar-refractivity contribution in [3.63, 3.8) is 0 Å². The SMILES string of the molecule is [B][B][C@H]1CC(OP(=C)(O)OC[C@H]2O[C@@H]([B])CC2O)[C@@H](COP(=C)(O)OC2C[C@H](B([B])[B])O[C@@H]2COC(C)C)O1. The molecule has 39 heavy (non-hydrogen) atoms. The Bertz CT molecular complexity index is 876. The summed E-state index contributed by atoms with van der Waals surface area (Å²) in [5.74, 6) is 0. The third-order valence-electron chi connectivity index (χ3n) is 6.43. The molecular weight excluding hydrogens is 543 g/mol. The fourth-order valence-electron chi connectivity index (χ4n) is 4.45. The van der Waals surface area contributed by atoms with Gasteiger partial charge in [-0.25, -0.2) is 0 Å². The monoisotopic (exact) mass is 579 g/mol. The van der Waals surface area contributed by atoms with Gasteiger partial charge in [-0.1, -0.05) is 0 Å². The molecule has 9 radical (unpaired) electrons. The fourth-order valence-corrected chi connectivity index (χ4v) is 6.62. The first-order valence-electron chi connectivity index (χ1n) is 12.8. The lowest BCUT2D eigenvalue weighted by atomic mass is 9.16. The van der Waals surface area contributed by atoms with Gasteiger partial charge in [0, 0.05) is 41.2 Å². The van der Waals surface area contributed by atoms with E-state index in [-0.39, 0.29) is 38.8 Å². The standard InChI is InChI=1S/C20H35B6O11P2/c1-11(2)30-8-16-14(7-20(35-16)26(23)24)37-39(4,29)32-10-17-13(6-19(25-22)34-17)36-38(3,28)31-9-15-12(27)5-18(21)33-15/h11-20,27-29H,3-10H2,1-2H3/t12?,13?,14?,15-,16-,17-,18-,19-,20-,38?,39?/m1/s1. The van der Waals surface area contributed by atoms with Crippen LogP contribution in [0.15, 0.2) is 0 Å². The lowest BCUT2D eigenvalue weighted by Gasteiger charge is -2.29. The lowest BCUT2D eigenvalue weighted by Crippen LogP contribution is -2.33. The van der Waals surface area contributed by atoms with Gasteiger partial charge in [-0.05, 0) is 45.7 Å². The highest BCUT2D eigenvalue weighted by molar-refractivity contribution is 7.59. The van der Waals surface area contributed by atoms with Gasteiger partial charge in [0.05, 0.1) is 57.9 Å². The number of hydrogen-bond acceptors (Lipinski definition) is 11. The zero-order valence-electron chi connectivity index (χ0n) is 22.4. The van der Waals surface area contributed by atoms with Gasteiger partial charge in [-0.3, -0.25) is 0 Å². The van der Waals surface area contributed by atoms with Gasteiger partial charge in [0.25, 0.3) is 0 Å². The number of hydrogen-bond donors (Lipinski definition) is 3. The average Bonchev–Trinajstić information content (AvgIpc) is 3.51. The summed E-state index contributed by atoms with van der Waals surface area (Å²) in [5, 5.41) is 9.97. The lowest BCUT2D eigenvalue weighted by molar-refractivity contribution is -0.0475. The highest BCUT2D eigenvalue weighted by Crippen LogP contribution is 2.50. The molecule has 11 atom stereocenters. The molecule has 3 N–H and O–H groups in total. The maximum atomic E-state index is 10.9.